The monoisotopic (exact) mass is 364 g/mol. The summed E-state index contributed by atoms with van der Waals surface area (Å²) in [6, 6.07) is 5.95. The van der Waals surface area contributed by atoms with Crippen LogP contribution in [0.1, 0.15) is 25.2 Å². The summed E-state index contributed by atoms with van der Waals surface area (Å²) >= 11 is 0. The van der Waals surface area contributed by atoms with Gasteiger partial charge in [0.05, 0.1) is 24.5 Å². The van der Waals surface area contributed by atoms with Crippen LogP contribution >= 0.6 is 0 Å². The maximum Gasteiger partial charge on any atom is 0.317 e. The van der Waals surface area contributed by atoms with Crippen LogP contribution in [0.25, 0.3) is 0 Å². The number of aromatic nitrogens is 1. The molecule has 0 aromatic carbocycles. The highest BCUT2D eigenvalue weighted by Crippen LogP contribution is 2.10. The van der Waals surface area contributed by atoms with E-state index in [9.17, 15) is 19.8 Å². The first-order chi connectivity index (χ1) is 12.3. The molecular weight excluding hydrogens is 336 g/mol. The number of carboxylic acid groups (broad SMARTS) is 2. The molecule has 0 saturated carbocycles. The minimum absolute atomic E-state index is 0.0248. The zero-order valence-corrected chi connectivity index (χ0v) is 15.5. The Kier molecular flexibility index (Phi) is 7.50. The lowest BCUT2D eigenvalue weighted by Crippen LogP contribution is -2.44. The highest BCUT2D eigenvalue weighted by molar-refractivity contribution is 5.69. The van der Waals surface area contributed by atoms with Gasteiger partial charge in [0.1, 0.15) is 0 Å². The van der Waals surface area contributed by atoms with Crippen LogP contribution in [0.2, 0.25) is 0 Å². The number of aliphatic carboxylic acids is 2. The van der Waals surface area contributed by atoms with Gasteiger partial charge in [0.2, 0.25) is 0 Å². The maximum absolute atomic E-state index is 11.2. The molecule has 0 aliphatic carbocycles. The predicted octanol–water partition coefficient (Wildman–Crippen LogP) is 0.579. The van der Waals surface area contributed by atoms with Crippen molar-refractivity contribution in [1.29, 1.82) is 0 Å². The maximum atomic E-state index is 11.2. The van der Waals surface area contributed by atoms with Crippen LogP contribution in [0, 0.1) is 0 Å². The fourth-order valence-electron chi connectivity index (χ4n) is 3.14. The molecule has 1 aromatic rings. The number of fused-ring (bicyclic) bond motifs is 2. The summed E-state index contributed by atoms with van der Waals surface area (Å²) in [5, 5.41) is 18.4. The van der Waals surface area contributed by atoms with E-state index in [4.69, 9.17) is 0 Å². The van der Waals surface area contributed by atoms with Gasteiger partial charge in [0, 0.05) is 45.3 Å². The van der Waals surface area contributed by atoms with Crippen LogP contribution in [0.3, 0.4) is 0 Å². The Balaban J connectivity index is 2.24. The van der Waals surface area contributed by atoms with Gasteiger partial charge in [-0.3, -0.25) is 29.3 Å². The molecule has 0 radical (unpaired) electrons. The third-order valence-corrected chi connectivity index (χ3v) is 4.49. The van der Waals surface area contributed by atoms with Gasteiger partial charge >= 0.3 is 11.9 Å². The number of hydrogen-bond acceptors (Lipinski definition) is 6. The van der Waals surface area contributed by atoms with Crippen molar-refractivity contribution in [2.45, 2.75) is 33.0 Å². The molecule has 0 unspecified atom stereocenters. The number of nitrogens with zero attached hydrogens (tertiary/aromatic N) is 4. The number of carboxylic acids is 2. The Morgan fingerprint density at radius 1 is 0.962 bits per heavy atom. The number of rotatable bonds is 5. The highest BCUT2D eigenvalue weighted by atomic mass is 16.4. The summed E-state index contributed by atoms with van der Waals surface area (Å²) in [5.74, 6) is -1.70. The molecular formula is C18H28N4O4. The quantitative estimate of drug-likeness (QED) is 0.783. The van der Waals surface area contributed by atoms with Crippen molar-refractivity contribution in [3.63, 3.8) is 0 Å². The average Bonchev–Trinajstić information content (AvgIpc) is 2.52. The van der Waals surface area contributed by atoms with Crippen molar-refractivity contribution >= 4 is 11.9 Å². The Hall–Kier alpha value is -2.03. The summed E-state index contributed by atoms with van der Waals surface area (Å²) in [5.41, 5.74) is 1.60. The number of hydrogen-bond donors (Lipinski definition) is 2. The fourth-order valence-corrected chi connectivity index (χ4v) is 3.14. The molecule has 0 spiro atoms. The summed E-state index contributed by atoms with van der Waals surface area (Å²) in [7, 11) is 0. The topological polar surface area (TPSA) is 97.2 Å². The predicted molar refractivity (Wildman–Crippen MR) is 96.8 cm³/mol. The summed E-state index contributed by atoms with van der Waals surface area (Å²) in [4.78, 5) is 33.0. The molecule has 144 valence electrons. The molecule has 26 heavy (non-hydrogen) atoms. The van der Waals surface area contributed by atoms with Gasteiger partial charge in [0.15, 0.2) is 0 Å². The Morgan fingerprint density at radius 3 is 1.81 bits per heavy atom. The molecule has 2 N–H and O–H groups in total. The van der Waals surface area contributed by atoms with Crippen molar-refractivity contribution < 1.29 is 19.8 Å². The second kappa shape index (κ2) is 9.61. The first kappa shape index (κ1) is 20.3. The molecule has 2 heterocycles. The minimum atomic E-state index is -0.850. The van der Waals surface area contributed by atoms with Crippen molar-refractivity contribution in [2.75, 3.05) is 39.3 Å². The van der Waals surface area contributed by atoms with E-state index in [-0.39, 0.29) is 13.1 Å². The smallest absolute Gasteiger partial charge is 0.317 e. The molecule has 1 aliphatic heterocycles. The Labute approximate surface area is 154 Å². The zero-order chi connectivity index (χ0) is 19.1. The molecule has 2 rings (SSSR count). The fraction of sp³-hybridized carbons (Fsp3) is 0.611. The van der Waals surface area contributed by atoms with Crippen LogP contribution in [0.15, 0.2) is 18.2 Å². The normalized spacial score (nSPS) is 18.3. The first-order valence-corrected chi connectivity index (χ1v) is 8.90. The first-order valence-electron chi connectivity index (χ1n) is 8.90. The third-order valence-electron chi connectivity index (χ3n) is 4.49. The zero-order valence-electron chi connectivity index (χ0n) is 15.5. The van der Waals surface area contributed by atoms with E-state index >= 15 is 0 Å². The van der Waals surface area contributed by atoms with E-state index in [1.54, 1.807) is 0 Å². The molecule has 8 heteroatoms. The highest BCUT2D eigenvalue weighted by Gasteiger charge is 2.19. The SMILES string of the molecule is CC(C)N1CCN(CC(=O)O)Cc2cccc(n2)CN(CC(=O)O)CC1. The Bertz CT molecular complexity index is 578. The molecule has 0 atom stereocenters. The lowest BCUT2D eigenvalue weighted by molar-refractivity contribution is -0.139. The molecule has 1 aliphatic rings. The van der Waals surface area contributed by atoms with E-state index in [1.165, 1.54) is 0 Å². The van der Waals surface area contributed by atoms with Crippen molar-refractivity contribution in [2.24, 2.45) is 0 Å². The van der Waals surface area contributed by atoms with E-state index in [0.717, 1.165) is 24.5 Å². The molecule has 0 fully saturated rings. The standard InChI is InChI=1S/C18H28N4O4/c1-14(2)22-8-6-20(12-17(23)24)10-15-4-3-5-16(19-15)11-21(7-9-22)13-18(25)26/h3-5,14H,6-13H2,1-2H3,(H,23,24)(H,25,26). The molecule has 0 amide bonds. The van der Waals surface area contributed by atoms with Crippen molar-refractivity contribution in [3.8, 4) is 0 Å². The van der Waals surface area contributed by atoms with Gasteiger partial charge in [-0.25, -0.2) is 0 Å². The van der Waals surface area contributed by atoms with Gasteiger partial charge in [-0.2, -0.15) is 0 Å². The molecule has 0 saturated heterocycles. The van der Waals surface area contributed by atoms with Gasteiger partial charge < -0.3 is 10.2 Å². The third kappa shape index (κ3) is 6.70. The van der Waals surface area contributed by atoms with Gasteiger partial charge in [-0.15, -0.1) is 0 Å². The molecule has 8 nitrogen and oxygen atoms in total. The van der Waals surface area contributed by atoms with Crippen LogP contribution in [0.5, 0.6) is 0 Å². The summed E-state index contributed by atoms with van der Waals surface area (Å²) in [6.45, 7) is 7.77. The second-order valence-corrected chi connectivity index (χ2v) is 6.96. The number of carbonyl (C=O) groups is 2. The van der Waals surface area contributed by atoms with Gasteiger partial charge in [-0.05, 0) is 26.0 Å². The summed E-state index contributed by atoms with van der Waals surface area (Å²) in [6.07, 6.45) is 0. The van der Waals surface area contributed by atoms with Crippen molar-refractivity contribution in [1.82, 2.24) is 19.7 Å². The van der Waals surface area contributed by atoms with E-state index in [1.807, 2.05) is 28.0 Å². The van der Waals surface area contributed by atoms with Crippen LogP contribution in [-0.2, 0) is 22.7 Å². The van der Waals surface area contributed by atoms with Gasteiger partial charge in [0.25, 0.3) is 0 Å². The summed E-state index contributed by atoms with van der Waals surface area (Å²) < 4.78 is 0. The number of pyridine rings is 1. The van der Waals surface area contributed by atoms with E-state index in [0.29, 0.717) is 32.2 Å². The van der Waals surface area contributed by atoms with Crippen LogP contribution < -0.4 is 0 Å². The minimum Gasteiger partial charge on any atom is -0.480 e. The lowest BCUT2D eigenvalue weighted by Gasteiger charge is -2.32. The van der Waals surface area contributed by atoms with Crippen LogP contribution in [-0.4, -0.2) is 87.1 Å². The van der Waals surface area contributed by atoms with Crippen molar-refractivity contribution in [3.05, 3.63) is 29.6 Å². The van der Waals surface area contributed by atoms with E-state index in [2.05, 4.69) is 23.7 Å². The Morgan fingerprint density at radius 2 is 1.42 bits per heavy atom. The van der Waals surface area contributed by atoms with E-state index < -0.39 is 11.9 Å². The van der Waals surface area contributed by atoms with Crippen LogP contribution in [0.4, 0.5) is 0 Å². The average molecular weight is 364 g/mol. The second-order valence-electron chi connectivity index (χ2n) is 6.96. The molecule has 2 bridgehead atoms. The molecule has 1 aromatic heterocycles. The lowest BCUT2D eigenvalue weighted by atomic mass is 10.2. The van der Waals surface area contributed by atoms with Gasteiger partial charge in [-0.1, -0.05) is 6.07 Å². The largest absolute Gasteiger partial charge is 0.480 e.